The summed E-state index contributed by atoms with van der Waals surface area (Å²) in [5.41, 5.74) is 1.51. The summed E-state index contributed by atoms with van der Waals surface area (Å²) in [7, 11) is 0. The molecule has 98 valence electrons. The van der Waals surface area contributed by atoms with E-state index in [9.17, 15) is 0 Å². The minimum absolute atomic E-state index is 0.443. The maximum atomic E-state index is 2.49. The normalized spacial score (nSPS) is 33.9. The summed E-state index contributed by atoms with van der Waals surface area (Å²) in [6, 6.07) is 0. The van der Waals surface area contributed by atoms with Gasteiger partial charge >= 0.3 is 0 Å². The first-order chi connectivity index (χ1) is 7.06. The van der Waals surface area contributed by atoms with Crippen LogP contribution in [0, 0.1) is 22.2 Å². The van der Waals surface area contributed by atoms with Crippen LogP contribution in [0.25, 0.3) is 0 Å². The Balaban J connectivity index is 0.00000106. The molecule has 0 aromatic heterocycles. The average Bonchev–Trinajstić information content (AvgIpc) is 2.00. The van der Waals surface area contributed by atoms with E-state index in [1.165, 1.54) is 19.3 Å². The third-order valence-corrected chi connectivity index (χ3v) is 4.38. The summed E-state index contributed by atoms with van der Waals surface area (Å²) in [5.74, 6) is 0.892. The van der Waals surface area contributed by atoms with Crippen LogP contribution in [0.15, 0.2) is 0 Å². The standard InChI is InChI=1S/C14H28.C2H6/c1-11-8-13(5,6)10-14(7,9-11)12(2,3)4;1-2/h11H,8-10H2,1-7H3;1-2H3. The van der Waals surface area contributed by atoms with Crippen molar-refractivity contribution in [2.45, 2.75) is 81.6 Å². The second-order valence-electron chi connectivity index (χ2n) is 7.67. The van der Waals surface area contributed by atoms with Crippen molar-refractivity contribution in [2.75, 3.05) is 0 Å². The van der Waals surface area contributed by atoms with Crippen molar-refractivity contribution < 1.29 is 0 Å². The van der Waals surface area contributed by atoms with E-state index in [0.29, 0.717) is 16.2 Å². The summed E-state index contributed by atoms with van der Waals surface area (Å²) in [6.45, 7) is 21.0. The first-order valence-corrected chi connectivity index (χ1v) is 7.06. The van der Waals surface area contributed by atoms with Gasteiger partial charge in [0.2, 0.25) is 0 Å². The van der Waals surface area contributed by atoms with Crippen LogP contribution in [0.4, 0.5) is 0 Å². The fourth-order valence-corrected chi connectivity index (χ4v) is 3.56. The van der Waals surface area contributed by atoms with Gasteiger partial charge in [0.05, 0.1) is 0 Å². The van der Waals surface area contributed by atoms with Gasteiger partial charge in [-0.05, 0) is 41.4 Å². The lowest BCUT2D eigenvalue weighted by atomic mass is 9.53. The van der Waals surface area contributed by atoms with Crippen LogP contribution < -0.4 is 0 Å². The molecule has 0 nitrogen and oxygen atoms in total. The zero-order valence-corrected chi connectivity index (χ0v) is 13.2. The maximum Gasteiger partial charge on any atom is -0.0270 e. The minimum atomic E-state index is 0.443. The fraction of sp³-hybridized carbons (Fsp3) is 1.00. The molecule has 0 bridgehead atoms. The lowest BCUT2D eigenvalue weighted by molar-refractivity contribution is -0.0224. The molecule has 0 saturated heterocycles. The highest BCUT2D eigenvalue weighted by Gasteiger charge is 2.45. The maximum absolute atomic E-state index is 2.49. The predicted octanol–water partition coefficient (Wildman–Crippen LogP) is 5.91. The van der Waals surface area contributed by atoms with Gasteiger partial charge in [0.15, 0.2) is 0 Å². The Morgan fingerprint density at radius 1 is 0.938 bits per heavy atom. The summed E-state index contributed by atoms with van der Waals surface area (Å²) in [4.78, 5) is 0. The highest BCUT2D eigenvalue weighted by Crippen LogP contribution is 2.56. The average molecular weight is 226 g/mol. The minimum Gasteiger partial charge on any atom is -0.0683 e. The van der Waals surface area contributed by atoms with E-state index >= 15 is 0 Å². The van der Waals surface area contributed by atoms with E-state index in [-0.39, 0.29) is 0 Å². The highest BCUT2D eigenvalue weighted by atomic mass is 14.5. The Morgan fingerprint density at radius 3 is 1.69 bits per heavy atom. The molecule has 0 heteroatoms. The molecule has 1 saturated carbocycles. The first kappa shape index (κ1) is 16.0. The summed E-state index contributed by atoms with van der Waals surface area (Å²) >= 11 is 0. The summed E-state index contributed by atoms with van der Waals surface area (Å²) in [6.07, 6.45) is 4.19. The van der Waals surface area contributed by atoms with Crippen molar-refractivity contribution in [3.8, 4) is 0 Å². The molecule has 0 amide bonds. The van der Waals surface area contributed by atoms with E-state index in [1.807, 2.05) is 13.8 Å². The van der Waals surface area contributed by atoms with Gasteiger partial charge in [-0.3, -0.25) is 0 Å². The largest absolute Gasteiger partial charge is 0.0683 e. The number of hydrogen-bond donors (Lipinski definition) is 0. The molecule has 0 aromatic rings. The van der Waals surface area contributed by atoms with Crippen molar-refractivity contribution in [3.63, 3.8) is 0 Å². The Kier molecular flexibility index (Phi) is 5.10. The van der Waals surface area contributed by atoms with Crippen LogP contribution in [0.2, 0.25) is 0 Å². The molecule has 1 fully saturated rings. The summed E-state index contributed by atoms with van der Waals surface area (Å²) in [5, 5.41) is 0. The van der Waals surface area contributed by atoms with Crippen LogP contribution in [-0.4, -0.2) is 0 Å². The fourth-order valence-electron chi connectivity index (χ4n) is 3.56. The van der Waals surface area contributed by atoms with Gasteiger partial charge in [0, 0.05) is 0 Å². The molecule has 0 radical (unpaired) electrons. The van der Waals surface area contributed by atoms with Gasteiger partial charge in [-0.25, -0.2) is 0 Å². The second-order valence-corrected chi connectivity index (χ2v) is 7.67. The van der Waals surface area contributed by atoms with Crippen LogP contribution in [0.1, 0.15) is 81.6 Å². The Morgan fingerprint density at radius 2 is 1.38 bits per heavy atom. The van der Waals surface area contributed by atoms with Crippen molar-refractivity contribution in [1.29, 1.82) is 0 Å². The summed E-state index contributed by atoms with van der Waals surface area (Å²) < 4.78 is 0. The van der Waals surface area contributed by atoms with Crippen molar-refractivity contribution >= 4 is 0 Å². The molecule has 0 aromatic carbocycles. The van der Waals surface area contributed by atoms with Gasteiger partial charge in [-0.1, -0.05) is 62.3 Å². The van der Waals surface area contributed by atoms with Gasteiger partial charge in [-0.2, -0.15) is 0 Å². The molecule has 0 heterocycles. The van der Waals surface area contributed by atoms with E-state index in [0.717, 1.165) is 5.92 Å². The quantitative estimate of drug-likeness (QED) is 0.481. The highest BCUT2D eigenvalue weighted by molar-refractivity contribution is 4.96. The lowest BCUT2D eigenvalue weighted by Crippen LogP contribution is -2.43. The molecule has 0 spiro atoms. The Labute approximate surface area is 104 Å². The molecule has 0 N–H and O–H groups in total. The molecule has 2 unspecified atom stereocenters. The zero-order valence-electron chi connectivity index (χ0n) is 13.2. The van der Waals surface area contributed by atoms with Gasteiger partial charge in [0.1, 0.15) is 0 Å². The van der Waals surface area contributed by atoms with Crippen molar-refractivity contribution in [2.24, 2.45) is 22.2 Å². The van der Waals surface area contributed by atoms with Gasteiger partial charge in [0.25, 0.3) is 0 Å². The molecule has 1 aliphatic rings. The zero-order chi connectivity index (χ0) is 13.2. The van der Waals surface area contributed by atoms with E-state index < -0.39 is 0 Å². The van der Waals surface area contributed by atoms with Crippen LogP contribution in [-0.2, 0) is 0 Å². The van der Waals surface area contributed by atoms with E-state index in [2.05, 4.69) is 48.5 Å². The van der Waals surface area contributed by atoms with Crippen LogP contribution >= 0.6 is 0 Å². The Hall–Kier alpha value is 0. The molecule has 2 atom stereocenters. The second kappa shape index (κ2) is 5.10. The Bertz CT molecular complexity index is 207. The topological polar surface area (TPSA) is 0 Å². The monoisotopic (exact) mass is 226 g/mol. The molecule has 0 aliphatic heterocycles. The number of rotatable bonds is 0. The van der Waals surface area contributed by atoms with Crippen molar-refractivity contribution in [1.82, 2.24) is 0 Å². The molecule has 16 heavy (non-hydrogen) atoms. The van der Waals surface area contributed by atoms with Crippen LogP contribution in [0.3, 0.4) is 0 Å². The van der Waals surface area contributed by atoms with Gasteiger partial charge < -0.3 is 0 Å². The first-order valence-electron chi connectivity index (χ1n) is 7.06. The molecule has 1 rings (SSSR count). The van der Waals surface area contributed by atoms with E-state index in [1.54, 1.807) is 0 Å². The molecular weight excluding hydrogens is 192 g/mol. The van der Waals surface area contributed by atoms with Crippen LogP contribution in [0.5, 0.6) is 0 Å². The third-order valence-electron chi connectivity index (χ3n) is 4.38. The van der Waals surface area contributed by atoms with E-state index in [4.69, 9.17) is 0 Å². The SMILES string of the molecule is CC.CC1CC(C)(C)CC(C)(C(C)(C)C)C1. The molecular formula is C16H34. The lowest BCUT2D eigenvalue weighted by Gasteiger charge is -2.52. The molecule has 1 aliphatic carbocycles. The number of hydrogen-bond acceptors (Lipinski definition) is 0. The smallest absolute Gasteiger partial charge is 0.0270 e. The van der Waals surface area contributed by atoms with Crippen molar-refractivity contribution in [3.05, 3.63) is 0 Å². The van der Waals surface area contributed by atoms with Gasteiger partial charge in [-0.15, -0.1) is 0 Å². The third kappa shape index (κ3) is 3.79. The predicted molar refractivity (Wildman–Crippen MR) is 75.7 cm³/mol.